The number of pyridine rings is 2. The van der Waals surface area contributed by atoms with Gasteiger partial charge in [0.05, 0.1) is 47.0 Å². The van der Waals surface area contributed by atoms with Crippen LogP contribution in [0.25, 0.3) is 55.7 Å². The van der Waals surface area contributed by atoms with Gasteiger partial charge >= 0.3 is 0 Å². The zero-order valence-electron chi connectivity index (χ0n) is 29.6. The zero-order valence-corrected chi connectivity index (χ0v) is 30.4. The fourth-order valence-corrected chi connectivity index (χ4v) is 6.58. The van der Waals surface area contributed by atoms with Crippen molar-refractivity contribution in [2.24, 2.45) is 9.98 Å². The van der Waals surface area contributed by atoms with E-state index in [1.165, 1.54) is 12.1 Å². The van der Waals surface area contributed by atoms with Crippen molar-refractivity contribution in [2.75, 3.05) is 25.7 Å². The van der Waals surface area contributed by atoms with E-state index in [1.54, 1.807) is 45.0 Å². The lowest BCUT2D eigenvalue weighted by Gasteiger charge is -2.09. The van der Waals surface area contributed by atoms with Crippen LogP contribution in [0.5, 0.6) is 0 Å². The van der Waals surface area contributed by atoms with Gasteiger partial charge in [0, 0.05) is 62.2 Å². The van der Waals surface area contributed by atoms with Crippen LogP contribution in [0.1, 0.15) is 16.8 Å². The second-order valence-corrected chi connectivity index (χ2v) is 14.5. The lowest BCUT2D eigenvalue weighted by atomic mass is 10.0. The molecule has 0 spiro atoms. The highest BCUT2D eigenvalue weighted by Crippen LogP contribution is 2.35. The molecule has 1 amide bonds. The summed E-state index contributed by atoms with van der Waals surface area (Å²) in [6.45, 7) is -0.0865. The maximum absolute atomic E-state index is 15.0. The number of hydrogen-bond acceptors (Lipinski definition) is 9. The Morgan fingerprint density at radius 3 is 2.54 bits per heavy atom. The molecule has 13 nitrogen and oxygen atoms in total. The van der Waals surface area contributed by atoms with E-state index in [-0.39, 0.29) is 18.9 Å². The lowest BCUT2D eigenvalue weighted by molar-refractivity contribution is -0.115. The van der Waals surface area contributed by atoms with Gasteiger partial charge in [0.25, 0.3) is 0 Å². The average Bonchev–Trinajstić information content (AvgIpc) is 3.79. The highest BCUT2D eigenvalue weighted by atomic mass is 32.2. The number of amides is 1. The minimum absolute atomic E-state index is 0.0865. The van der Waals surface area contributed by atoms with E-state index in [0.717, 1.165) is 33.8 Å². The summed E-state index contributed by atoms with van der Waals surface area (Å²) in [5.41, 5.74) is 8.30. The van der Waals surface area contributed by atoms with Gasteiger partial charge in [-0.15, -0.1) is 0 Å². The first-order chi connectivity index (χ1) is 26.1. The van der Waals surface area contributed by atoms with Crippen molar-refractivity contribution in [3.8, 4) is 33.8 Å². The second kappa shape index (κ2) is 15.3. The number of H-pyrrole nitrogens is 2. The molecule has 0 saturated carbocycles. The highest BCUT2D eigenvalue weighted by molar-refractivity contribution is 7.88. The van der Waals surface area contributed by atoms with E-state index in [0.29, 0.717) is 62.8 Å². The zero-order chi connectivity index (χ0) is 37.8. The Morgan fingerprint density at radius 1 is 0.926 bits per heavy atom. The number of aromatic amines is 2. The molecule has 0 bridgehead atoms. The summed E-state index contributed by atoms with van der Waals surface area (Å²) < 4.78 is 40.9. The van der Waals surface area contributed by atoms with E-state index in [2.05, 4.69) is 40.2 Å². The van der Waals surface area contributed by atoms with Crippen molar-refractivity contribution >= 4 is 55.5 Å². The van der Waals surface area contributed by atoms with E-state index in [1.807, 2.05) is 54.6 Å². The molecule has 4 N–H and O–H groups in total. The van der Waals surface area contributed by atoms with Crippen LogP contribution in [0.15, 0.2) is 101 Å². The van der Waals surface area contributed by atoms with Gasteiger partial charge in [-0.3, -0.25) is 29.8 Å². The molecule has 0 radical (unpaired) electrons. The van der Waals surface area contributed by atoms with Crippen molar-refractivity contribution in [1.29, 1.82) is 0 Å². The Balaban J connectivity index is 1.28. The molecule has 0 fully saturated rings. The Morgan fingerprint density at radius 2 is 1.76 bits per heavy atom. The molecule has 0 aliphatic carbocycles. The Labute approximate surface area is 310 Å². The minimum Gasteiger partial charge on any atom is -0.335 e. The maximum Gasteiger partial charge on any atom is 0.228 e. The predicted octanol–water partition coefficient (Wildman–Crippen LogP) is 5.91. The van der Waals surface area contributed by atoms with Crippen LogP contribution in [0.4, 0.5) is 10.1 Å². The normalized spacial score (nSPS) is 12.3. The van der Waals surface area contributed by atoms with Crippen LogP contribution in [0.2, 0.25) is 0 Å². The first kappa shape index (κ1) is 35.9. The third kappa shape index (κ3) is 8.11. The number of sulfonamides is 1. The Bertz CT molecular complexity index is 2690. The number of hydrogen-bond donors (Lipinski definition) is 4. The number of aromatic nitrogens is 6. The average molecular weight is 743 g/mol. The number of anilines is 1. The van der Waals surface area contributed by atoms with Crippen molar-refractivity contribution in [3.05, 3.63) is 114 Å². The molecule has 4 heterocycles. The van der Waals surface area contributed by atoms with Gasteiger partial charge in [-0.25, -0.2) is 22.5 Å². The van der Waals surface area contributed by atoms with Crippen LogP contribution < -0.4 is 10.0 Å². The highest BCUT2D eigenvalue weighted by Gasteiger charge is 2.20. The van der Waals surface area contributed by atoms with Crippen LogP contribution in [-0.4, -0.2) is 76.7 Å². The molecule has 0 aliphatic heterocycles. The quantitative estimate of drug-likeness (QED) is 0.112. The lowest BCUT2D eigenvalue weighted by Crippen LogP contribution is -2.21. The van der Waals surface area contributed by atoms with E-state index < -0.39 is 15.8 Å². The molecule has 54 heavy (non-hydrogen) atoms. The van der Waals surface area contributed by atoms with Crippen LogP contribution in [0.3, 0.4) is 0 Å². The van der Waals surface area contributed by atoms with Gasteiger partial charge in [0.2, 0.25) is 15.9 Å². The SMILES string of the molecule is CN=CC(Cc1ncc(-c2cc(F)cc(CNS(C)(=O)=O)c2)c2nc(-c3n[nH]c4ccc(-c5cncc(NC(=O)Cc6ccccc6)c5)cc34)[nH]c12)=NC. The summed E-state index contributed by atoms with van der Waals surface area (Å²) in [4.78, 5) is 38.8. The van der Waals surface area contributed by atoms with Crippen LogP contribution >= 0.6 is 0 Å². The number of rotatable bonds is 12. The third-order valence-electron chi connectivity index (χ3n) is 8.67. The van der Waals surface area contributed by atoms with E-state index in [9.17, 15) is 17.6 Å². The minimum atomic E-state index is -3.50. The van der Waals surface area contributed by atoms with Gasteiger partial charge in [-0.05, 0) is 58.7 Å². The van der Waals surface area contributed by atoms with Crippen molar-refractivity contribution in [2.45, 2.75) is 19.4 Å². The number of halogens is 1. The Kier molecular flexibility index (Phi) is 10.2. The smallest absolute Gasteiger partial charge is 0.228 e. The van der Waals surface area contributed by atoms with Gasteiger partial charge in [0.1, 0.15) is 17.0 Å². The first-order valence-corrected chi connectivity index (χ1v) is 18.7. The third-order valence-corrected chi connectivity index (χ3v) is 9.34. The molecule has 7 rings (SSSR count). The summed E-state index contributed by atoms with van der Waals surface area (Å²) in [6, 6.07) is 21.6. The van der Waals surface area contributed by atoms with Crippen molar-refractivity contribution in [3.63, 3.8) is 0 Å². The predicted molar refractivity (Wildman–Crippen MR) is 210 cm³/mol. The number of carbonyl (C=O) groups excluding carboxylic acids is 1. The fraction of sp³-hybridized carbons (Fsp3) is 0.154. The number of carbonyl (C=O) groups is 1. The molecule has 272 valence electrons. The summed E-state index contributed by atoms with van der Waals surface area (Å²) >= 11 is 0. The summed E-state index contributed by atoms with van der Waals surface area (Å²) in [7, 11) is -0.163. The van der Waals surface area contributed by atoms with E-state index >= 15 is 0 Å². The molecule has 0 aliphatic rings. The second-order valence-electron chi connectivity index (χ2n) is 12.7. The standard InChI is InChI=1S/C39H35FN10O3S/c1-41-20-29(42-2)17-34-38-36(32(22-44-34)26-11-24(12-28(40)14-26)18-45-54(3,52)53)47-39(48-38)37-31-16-25(9-10-33(31)49-50-37)27-15-30(21-43-19-27)46-35(51)13-23-7-5-4-6-8-23/h4-12,14-16,19-22,45H,13,17-18H2,1-3H3,(H,46,51)(H,47,48)(H,49,50). The van der Waals surface area contributed by atoms with Gasteiger partial charge in [0.15, 0.2) is 5.82 Å². The number of benzene rings is 3. The van der Waals surface area contributed by atoms with Gasteiger partial charge < -0.3 is 10.3 Å². The molecule has 0 unspecified atom stereocenters. The molecule has 0 saturated heterocycles. The summed E-state index contributed by atoms with van der Waals surface area (Å²) in [5, 5.41) is 11.4. The number of nitrogens with one attached hydrogen (secondary N) is 4. The maximum atomic E-state index is 15.0. The van der Waals surface area contributed by atoms with Crippen LogP contribution in [0, 0.1) is 5.82 Å². The van der Waals surface area contributed by atoms with Crippen molar-refractivity contribution in [1.82, 2.24) is 34.9 Å². The van der Waals surface area contributed by atoms with Gasteiger partial charge in [-0.2, -0.15) is 5.10 Å². The molecule has 0 atom stereocenters. The van der Waals surface area contributed by atoms with Crippen molar-refractivity contribution < 1.29 is 17.6 Å². The fourth-order valence-electron chi connectivity index (χ4n) is 6.15. The van der Waals surface area contributed by atoms with Gasteiger partial charge in [-0.1, -0.05) is 36.4 Å². The Hall–Kier alpha value is -6.45. The molecular formula is C39H35FN10O3S. The molecule has 7 aromatic rings. The first-order valence-electron chi connectivity index (χ1n) is 16.8. The van der Waals surface area contributed by atoms with Crippen LogP contribution in [-0.2, 0) is 34.2 Å². The molecule has 4 aromatic heterocycles. The topological polar surface area (TPSA) is 183 Å². The summed E-state index contributed by atoms with van der Waals surface area (Å²) in [6.07, 6.45) is 8.25. The molecule has 15 heteroatoms. The number of imidazole rings is 1. The van der Waals surface area contributed by atoms with E-state index in [4.69, 9.17) is 9.97 Å². The number of nitrogens with zero attached hydrogens (tertiary/aromatic N) is 6. The number of aliphatic imine (C=N–C) groups is 2. The monoisotopic (exact) mass is 742 g/mol. The summed E-state index contributed by atoms with van der Waals surface area (Å²) in [5.74, 6) is -0.242. The number of fused-ring (bicyclic) bond motifs is 2. The molecular weight excluding hydrogens is 708 g/mol. The largest absolute Gasteiger partial charge is 0.335 e. The molecule has 3 aromatic carbocycles.